The molecule has 1 aromatic heterocycles. The van der Waals surface area contributed by atoms with Gasteiger partial charge >= 0.3 is 0 Å². The van der Waals surface area contributed by atoms with Gasteiger partial charge in [0.25, 0.3) is 0 Å². The second kappa shape index (κ2) is 6.88. The highest BCUT2D eigenvalue weighted by molar-refractivity contribution is 7.92. The van der Waals surface area contributed by atoms with Crippen LogP contribution in [0.4, 0.5) is 0 Å². The van der Waals surface area contributed by atoms with Gasteiger partial charge in [-0.1, -0.05) is 29.5 Å². The van der Waals surface area contributed by atoms with Crippen molar-refractivity contribution in [1.82, 2.24) is 15.0 Å². The van der Waals surface area contributed by atoms with Gasteiger partial charge in [0.05, 0.1) is 23.7 Å². The molecule has 1 unspecified atom stereocenters. The number of benzene rings is 1. The fourth-order valence-electron chi connectivity index (χ4n) is 3.39. The average Bonchev–Trinajstić information content (AvgIpc) is 3.33. The van der Waals surface area contributed by atoms with Crippen molar-refractivity contribution >= 4 is 9.84 Å². The molecule has 1 aliphatic carbocycles. The molecule has 136 valence electrons. The molecule has 1 aliphatic heterocycles. The first-order valence-electron chi connectivity index (χ1n) is 9.25. The van der Waals surface area contributed by atoms with E-state index in [0.717, 1.165) is 35.2 Å². The van der Waals surface area contributed by atoms with Gasteiger partial charge in [0.2, 0.25) is 0 Å². The molecule has 5 nitrogen and oxygen atoms in total. The lowest BCUT2D eigenvalue weighted by atomic mass is 10.0. The predicted octanol–water partition coefficient (Wildman–Crippen LogP) is 2.98. The third-order valence-electron chi connectivity index (χ3n) is 5.14. The average molecular weight is 369 g/mol. The van der Waals surface area contributed by atoms with Gasteiger partial charge in [-0.05, 0) is 50.3 Å². The fraction of sp³-hybridized carbons (Fsp3) is 0.500. The van der Waals surface area contributed by atoms with Crippen LogP contribution in [0.5, 0.6) is 0 Å². The molecule has 0 N–H and O–H groups in total. The summed E-state index contributed by atoms with van der Waals surface area (Å²) in [4.78, 5) is 0. The topological polar surface area (TPSA) is 64.8 Å². The van der Waals surface area contributed by atoms with Gasteiger partial charge < -0.3 is 0 Å². The van der Waals surface area contributed by atoms with Crippen molar-refractivity contribution in [3.05, 3.63) is 35.5 Å². The highest BCUT2D eigenvalue weighted by atomic mass is 32.2. The molecule has 2 aliphatic rings. The summed E-state index contributed by atoms with van der Waals surface area (Å²) in [6.45, 7) is 2.43. The summed E-state index contributed by atoms with van der Waals surface area (Å²) in [6, 6.07) is 6.12. The second-order valence-electron chi connectivity index (χ2n) is 7.38. The first-order chi connectivity index (χ1) is 12.5. The van der Waals surface area contributed by atoms with Crippen molar-refractivity contribution in [3.8, 4) is 23.1 Å². The molecule has 2 aromatic rings. The Morgan fingerprint density at radius 1 is 1.23 bits per heavy atom. The maximum absolute atomic E-state index is 12.2. The zero-order valence-electron chi connectivity index (χ0n) is 15.0. The van der Waals surface area contributed by atoms with E-state index in [0.29, 0.717) is 24.6 Å². The van der Waals surface area contributed by atoms with E-state index >= 15 is 0 Å². The van der Waals surface area contributed by atoms with E-state index in [4.69, 9.17) is 0 Å². The summed E-state index contributed by atoms with van der Waals surface area (Å²) in [5.74, 6) is 7.40. The zero-order chi connectivity index (χ0) is 18.1. The highest BCUT2D eigenvalue weighted by Crippen LogP contribution is 2.28. The molecular weight excluding hydrogens is 346 g/mol. The van der Waals surface area contributed by atoms with E-state index in [1.165, 1.54) is 12.8 Å². The molecule has 4 rings (SSSR count). The van der Waals surface area contributed by atoms with Crippen LogP contribution >= 0.6 is 0 Å². The summed E-state index contributed by atoms with van der Waals surface area (Å²) in [6.07, 6.45) is 6.76. The Bertz CT molecular complexity index is 978. The monoisotopic (exact) mass is 369 g/mol. The van der Waals surface area contributed by atoms with E-state index in [1.807, 2.05) is 25.3 Å². The number of aryl methyl sites for hydroxylation is 1. The lowest BCUT2D eigenvalue weighted by Gasteiger charge is -2.21. The molecule has 0 radical (unpaired) electrons. The summed E-state index contributed by atoms with van der Waals surface area (Å²) < 4.78 is 26.1. The quantitative estimate of drug-likeness (QED) is 0.780. The zero-order valence-corrected chi connectivity index (χ0v) is 15.8. The van der Waals surface area contributed by atoms with Gasteiger partial charge in [-0.3, -0.25) is 4.68 Å². The SMILES string of the molecule is Cc1cc(C#CC2CC2)ccc1-c1cn(CC2CCCCS2(=O)=O)nn1. The molecule has 26 heavy (non-hydrogen) atoms. The lowest BCUT2D eigenvalue weighted by molar-refractivity contribution is 0.484. The van der Waals surface area contributed by atoms with Crippen molar-refractivity contribution in [1.29, 1.82) is 0 Å². The summed E-state index contributed by atoms with van der Waals surface area (Å²) in [5, 5.41) is 8.07. The Balaban J connectivity index is 1.51. The second-order valence-corrected chi connectivity index (χ2v) is 9.78. The van der Waals surface area contributed by atoms with Crippen molar-refractivity contribution in [2.75, 3.05) is 5.75 Å². The highest BCUT2D eigenvalue weighted by Gasteiger charge is 2.29. The minimum atomic E-state index is -3.00. The van der Waals surface area contributed by atoms with Crippen LogP contribution in [0, 0.1) is 24.7 Å². The van der Waals surface area contributed by atoms with Crippen LogP contribution in [0.15, 0.2) is 24.4 Å². The van der Waals surface area contributed by atoms with E-state index in [1.54, 1.807) is 4.68 Å². The van der Waals surface area contributed by atoms with E-state index in [9.17, 15) is 8.42 Å². The van der Waals surface area contributed by atoms with Crippen molar-refractivity contribution in [3.63, 3.8) is 0 Å². The number of hydrogen-bond donors (Lipinski definition) is 0. The van der Waals surface area contributed by atoms with Crippen LogP contribution in [0.1, 0.15) is 43.2 Å². The number of aromatic nitrogens is 3. The van der Waals surface area contributed by atoms with Gasteiger partial charge in [0.15, 0.2) is 9.84 Å². The van der Waals surface area contributed by atoms with Gasteiger partial charge in [-0.2, -0.15) is 0 Å². The summed E-state index contributed by atoms with van der Waals surface area (Å²) in [5.41, 5.74) is 3.92. The van der Waals surface area contributed by atoms with Crippen LogP contribution < -0.4 is 0 Å². The molecule has 0 spiro atoms. The maximum atomic E-state index is 12.2. The first-order valence-corrected chi connectivity index (χ1v) is 11.0. The molecule has 1 aromatic carbocycles. The van der Waals surface area contributed by atoms with Crippen LogP contribution in [-0.4, -0.2) is 34.4 Å². The standard InChI is InChI=1S/C20H23N3O2S/c1-15-12-17(8-7-16-5-6-16)9-10-19(15)20-14-23(22-21-20)13-18-4-2-3-11-26(18,24)25/h9-10,12,14,16,18H,2-6,11,13H2,1H3. The minimum Gasteiger partial charge on any atom is -0.251 e. The number of hydrogen-bond acceptors (Lipinski definition) is 4. The number of nitrogens with zero attached hydrogens (tertiary/aromatic N) is 3. The van der Waals surface area contributed by atoms with E-state index in [-0.39, 0.29) is 5.25 Å². The Morgan fingerprint density at radius 2 is 2.08 bits per heavy atom. The summed E-state index contributed by atoms with van der Waals surface area (Å²) in [7, 11) is -3.00. The first kappa shape index (κ1) is 17.3. The van der Waals surface area contributed by atoms with Gasteiger partial charge in [0, 0.05) is 17.0 Å². The molecule has 2 fully saturated rings. The third-order valence-corrected chi connectivity index (χ3v) is 7.40. The number of rotatable bonds is 3. The Hall–Kier alpha value is -2.13. The van der Waals surface area contributed by atoms with Crippen LogP contribution in [-0.2, 0) is 16.4 Å². The Labute approximate surface area is 154 Å². The van der Waals surface area contributed by atoms with E-state index in [2.05, 4.69) is 28.2 Å². The lowest BCUT2D eigenvalue weighted by Crippen LogP contribution is -2.32. The van der Waals surface area contributed by atoms with Crippen LogP contribution in [0.25, 0.3) is 11.3 Å². The Morgan fingerprint density at radius 3 is 2.81 bits per heavy atom. The molecule has 1 atom stereocenters. The van der Waals surface area contributed by atoms with E-state index < -0.39 is 9.84 Å². The van der Waals surface area contributed by atoms with Gasteiger partial charge in [-0.15, -0.1) is 5.10 Å². The molecule has 0 amide bonds. The maximum Gasteiger partial charge on any atom is 0.154 e. The predicted molar refractivity (Wildman–Crippen MR) is 101 cm³/mol. The molecule has 1 saturated carbocycles. The fourth-order valence-corrected chi connectivity index (χ4v) is 5.23. The van der Waals surface area contributed by atoms with Crippen molar-refractivity contribution in [2.45, 2.75) is 50.8 Å². The third kappa shape index (κ3) is 3.83. The van der Waals surface area contributed by atoms with Crippen molar-refractivity contribution < 1.29 is 8.42 Å². The summed E-state index contributed by atoms with van der Waals surface area (Å²) >= 11 is 0. The normalized spacial score (nSPS) is 21.8. The largest absolute Gasteiger partial charge is 0.251 e. The Kier molecular flexibility index (Phi) is 4.58. The molecule has 2 heterocycles. The van der Waals surface area contributed by atoms with Crippen LogP contribution in [0.3, 0.4) is 0 Å². The van der Waals surface area contributed by atoms with Gasteiger partial charge in [-0.25, -0.2) is 8.42 Å². The van der Waals surface area contributed by atoms with Gasteiger partial charge in [0.1, 0.15) is 5.69 Å². The van der Waals surface area contributed by atoms with Crippen LogP contribution in [0.2, 0.25) is 0 Å². The molecular formula is C20H23N3O2S. The number of sulfone groups is 1. The smallest absolute Gasteiger partial charge is 0.154 e. The minimum absolute atomic E-state index is 0.293. The van der Waals surface area contributed by atoms with Crippen molar-refractivity contribution in [2.24, 2.45) is 5.92 Å². The molecule has 0 bridgehead atoms. The molecule has 6 heteroatoms. The molecule has 1 saturated heterocycles.